The molecule has 1 aliphatic carbocycles. The third kappa shape index (κ3) is 4.64. The molecule has 0 bridgehead atoms. The van der Waals surface area contributed by atoms with Crippen molar-refractivity contribution in [2.45, 2.75) is 52.0 Å². The van der Waals surface area contributed by atoms with Crippen molar-refractivity contribution in [3.8, 4) is 5.75 Å². The van der Waals surface area contributed by atoms with Gasteiger partial charge >= 0.3 is 0 Å². The van der Waals surface area contributed by atoms with Crippen LogP contribution in [0, 0.1) is 11.3 Å². The van der Waals surface area contributed by atoms with E-state index in [1.165, 1.54) is 0 Å². The highest BCUT2D eigenvalue weighted by Gasteiger charge is 2.50. The molecular formula is C24H33N5O3. The van der Waals surface area contributed by atoms with E-state index in [2.05, 4.69) is 29.5 Å². The van der Waals surface area contributed by atoms with Gasteiger partial charge in [0.2, 0.25) is 5.91 Å². The van der Waals surface area contributed by atoms with Crippen LogP contribution >= 0.6 is 0 Å². The van der Waals surface area contributed by atoms with Crippen molar-refractivity contribution >= 4 is 11.8 Å². The molecule has 2 aliphatic rings. The Kier molecular flexibility index (Phi) is 6.48. The van der Waals surface area contributed by atoms with Crippen molar-refractivity contribution in [1.29, 1.82) is 0 Å². The van der Waals surface area contributed by atoms with Crippen LogP contribution in [0.15, 0.2) is 30.5 Å². The molecule has 1 aliphatic heterocycles. The van der Waals surface area contributed by atoms with Crippen molar-refractivity contribution in [3.05, 3.63) is 41.7 Å². The van der Waals surface area contributed by atoms with Crippen LogP contribution < -0.4 is 10.1 Å². The zero-order valence-corrected chi connectivity index (χ0v) is 19.2. The van der Waals surface area contributed by atoms with Crippen LogP contribution in [0.1, 0.15) is 61.6 Å². The zero-order valence-electron chi connectivity index (χ0n) is 19.2. The maximum atomic E-state index is 12.8. The van der Waals surface area contributed by atoms with Gasteiger partial charge in [-0.25, -0.2) is 4.68 Å². The lowest BCUT2D eigenvalue weighted by atomic mass is 9.59. The van der Waals surface area contributed by atoms with Crippen molar-refractivity contribution in [3.63, 3.8) is 0 Å². The molecule has 2 fully saturated rings. The first-order valence-electron chi connectivity index (χ1n) is 11.5. The lowest BCUT2D eigenvalue weighted by Crippen LogP contribution is -2.51. The van der Waals surface area contributed by atoms with Crippen LogP contribution in [0.25, 0.3) is 0 Å². The first-order chi connectivity index (χ1) is 15.4. The number of aromatic nitrogens is 3. The number of rotatable bonds is 7. The maximum Gasteiger partial charge on any atom is 0.273 e. The smallest absolute Gasteiger partial charge is 0.273 e. The SMILES string of the molecule is COc1ccc(CC(=O)N2CCC3(CCC3n3cc(C(=O)NCC(C)C)nn3)CC2)cc1. The van der Waals surface area contributed by atoms with Gasteiger partial charge in [0, 0.05) is 19.6 Å². The Morgan fingerprint density at radius 2 is 1.91 bits per heavy atom. The summed E-state index contributed by atoms with van der Waals surface area (Å²) in [6.45, 7) is 6.27. The number of hydrogen-bond acceptors (Lipinski definition) is 5. The molecule has 32 heavy (non-hydrogen) atoms. The molecule has 2 aromatic rings. The van der Waals surface area contributed by atoms with Crippen LogP contribution in [0.5, 0.6) is 5.75 Å². The third-order valence-electron chi connectivity index (χ3n) is 6.98. The normalized spacial score (nSPS) is 19.6. The third-order valence-corrected chi connectivity index (χ3v) is 6.98. The molecule has 1 aromatic carbocycles. The molecule has 8 nitrogen and oxygen atoms in total. The van der Waals surface area contributed by atoms with Crippen LogP contribution in [-0.4, -0.2) is 58.5 Å². The number of ether oxygens (including phenoxy) is 1. The number of nitrogens with zero attached hydrogens (tertiary/aromatic N) is 4. The number of piperidine rings is 1. The quantitative estimate of drug-likeness (QED) is 0.717. The van der Waals surface area contributed by atoms with Gasteiger partial charge in [-0.3, -0.25) is 9.59 Å². The highest BCUT2D eigenvalue weighted by atomic mass is 16.5. The van der Waals surface area contributed by atoms with E-state index < -0.39 is 0 Å². The predicted molar refractivity (Wildman–Crippen MR) is 120 cm³/mol. The van der Waals surface area contributed by atoms with Gasteiger partial charge in [0.25, 0.3) is 5.91 Å². The number of carbonyl (C=O) groups is 2. The monoisotopic (exact) mass is 439 g/mol. The number of hydrogen-bond donors (Lipinski definition) is 1. The number of methoxy groups -OCH3 is 1. The zero-order chi connectivity index (χ0) is 22.7. The number of carbonyl (C=O) groups excluding carboxylic acids is 2. The first kappa shape index (κ1) is 22.3. The lowest BCUT2D eigenvalue weighted by molar-refractivity contribution is -0.135. The molecule has 1 aromatic heterocycles. The molecule has 8 heteroatoms. The Morgan fingerprint density at radius 1 is 1.19 bits per heavy atom. The van der Waals surface area contributed by atoms with Gasteiger partial charge in [0.15, 0.2) is 5.69 Å². The number of likely N-dealkylation sites (tertiary alicyclic amines) is 1. The van der Waals surface area contributed by atoms with Gasteiger partial charge in [-0.15, -0.1) is 5.10 Å². The Labute approximate surface area is 189 Å². The van der Waals surface area contributed by atoms with E-state index in [9.17, 15) is 9.59 Å². The summed E-state index contributed by atoms with van der Waals surface area (Å²) in [7, 11) is 1.64. The topological polar surface area (TPSA) is 89.4 Å². The second-order valence-electron chi connectivity index (χ2n) is 9.51. The molecular weight excluding hydrogens is 406 g/mol. The van der Waals surface area contributed by atoms with Crippen molar-refractivity contribution in [2.75, 3.05) is 26.7 Å². The molecule has 1 saturated heterocycles. The average Bonchev–Trinajstić information content (AvgIpc) is 3.26. The van der Waals surface area contributed by atoms with Gasteiger partial charge in [-0.2, -0.15) is 0 Å². The van der Waals surface area contributed by atoms with Crippen LogP contribution in [-0.2, 0) is 11.2 Å². The van der Waals surface area contributed by atoms with Crippen LogP contribution in [0.4, 0.5) is 0 Å². The molecule has 172 valence electrons. The number of nitrogens with one attached hydrogen (secondary N) is 1. The summed E-state index contributed by atoms with van der Waals surface area (Å²) >= 11 is 0. The summed E-state index contributed by atoms with van der Waals surface area (Å²) in [4.78, 5) is 27.1. The van der Waals surface area contributed by atoms with Gasteiger partial charge in [0.1, 0.15) is 5.75 Å². The molecule has 0 radical (unpaired) electrons. The van der Waals surface area contributed by atoms with Gasteiger partial charge in [0.05, 0.1) is 25.8 Å². The minimum atomic E-state index is -0.169. The maximum absolute atomic E-state index is 12.8. The molecule has 2 heterocycles. The summed E-state index contributed by atoms with van der Waals surface area (Å²) in [5, 5.41) is 11.3. The molecule has 4 rings (SSSR count). The molecule has 1 unspecified atom stereocenters. The van der Waals surface area contributed by atoms with E-state index in [0.717, 1.165) is 50.1 Å². The Hall–Kier alpha value is -2.90. The van der Waals surface area contributed by atoms with Crippen molar-refractivity contribution in [1.82, 2.24) is 25.2 Å². The standard InChI is InChI=1S/C24H33N5O3/c1-17(2)15-25-23(31)20-16-29(27-26-20)21-8-9-24(21)10-12-28(13-11-24)22(30)14-18-4-6-19(32-3)7-5-18/h4-7,16-17,21H,8-15H2,1-3H3,(H,25,31). The second-order valence-corrected chi connectivity index (χ2v) is 9.51. The molecule has 1 spiro atoms. The molecule has 1 N–H and O–H groups in total. The fourth-order valence-electron chi connectivity index (χ4n) is 4.83. The molecule has 1 atom stereocenters. The van der Waals surface area contributed by atoms with Crippen LogP contribution in [0.2, 0.25) is 0 Å². The van der Waals surface area contributed by atoms with Gasteiger partial charge in [-0.1, -0.05) is 31.2 Å². The summed E-state index contributed by atoms with van der Waals surface area (Å²) < 4.78 is 7.06. The van der Waals surface area contributed by atoms with Crippen molar-refractivity contribution < 1.29 is 14.3 Å². The molecule has 1 saturated carbocycles. The van der Waals surface area contributed by atoms with Crippen molar-refractivity contribution in [2.24, 2.45) is 11.3 Å². The van der Waals surface area contributed by atoms with E-state index in [1.807, 2.05) is 33.8 Å². The average molecular weight is 440 g/mol. The van der Waals surface area contributed by atoms with Gasteiger partial charge in [-0.05, 0) is 54.7 Å². The number of benzene rings is 1. The van der Waals surface area contributed by atoms with E-state index in [0.29, 0.717) is 24.6 Å². The minimum Gasteiger partial charge on any atom is -0.497 e. The van der Waals surface area contributed by atoms with Crippen LogP contribution in [0.3, 0.4) is 0 Å². The lowest BCUT2D eigenvalue weighted by Gasteiger charge is -2.53. The predicted octanol–water partition coefficient (Wildman–Crippen LogP) is 2.86. The minimum absolute atomic E-state index is 0.149. The van der Waals surface area contributed by atoms with E-state index in [1.54, 1.807) is 13.3 Å². The number of amides is 2. The Morgan fingerprint density at radius 3 is 2.50 bits per heavy atom. The fourth-order valence-corrected chi connectivity index (χ4v) is 4.83. The first-order valence-corrected chi connectivity index (χ1v) is 11.5. The Bertz CT molecular complexity index is 945. The summed E-state index contributed by atoms with van der Waals surface area (Å²) in [5.41, 5.74) is 1.53. The fraction of sp³-hybridized carbons (Fsp3) is 0.583. The van der Waals surface area contributed by atoms with Gasteiger partial charge < -0.3 is 15.0 Å². The summed E-state index contributed by atoms with van der Waals surface area (Å²) in [5.74, 6) is 1.19. The molecule has 2 amide bonds. The summed E-state index contributed by atoms with van der Waals surface area (Å²) in [6, 6.07) is 7.93. The largest absolute Gasteiger partial charge is 0.497 e. The van der Waals surface area contributed by atoms with E-state index in [4.69, 9.17) is 4.74 Å². The summed E-state index contributed by atoms with van der Waals surface area (Å²) in [6.07, 6.45) is 6.28. The van der Waals surface area contributed by atoms with E-state index >= 15 is 0 Å². The second kappa shape index (κ2) is 9.30. The highest BCUT2D eigenvalue weighted by molar-refractivity contribution is 5.91. The van der Waals surface area contributed by atoms with E-state index in [-0.39, 0.29) is 23.3 Å². The Balaban J connectivity index is 1.32. The highest BCUT2D eigenvalue weighted by Crippen LogP contribution is 2.56.